The molecule has 0 radical (unpaired) electrons. The van der Waals surface area contributed by atoms with Gasteiger partial charge in [0.15, 0.2) is 0 Å². The fraction of sp³-hybridized carbons (Fsp3) is 0.692. The Labute approximate surface area is 123 Å². The maximum atomic E-state index is 12.1. The van der Waals surface area contributed by atoms with Gasteiger partial charge >= 0.3 is 5.69 Å². The summed E-state index contributed by atoms with van der Waals surface area (Å²) in [5.41, 5.74) is 5.16. The molecule has 0 amide bonds. The number of aliphatic hydroxyl groups is 1. The van der Waals surface area contributed by atoms with Crippen molar-refractivity contribution in [3.05, 3.63) is 20.8 Å². The van der Waals surface area contributed by atoms with E-state index in [-0.39, 0.29) is 24.7 Å². The van der Waals surface area contributed by atoms with Gasteiger partial charge in [0, 0.05) is 26.7 Å². The standard InChI is InChI=1S/C13H24N4O4/c1-3-4-5-17-11(14)10(12(19)15-13(17)20)16(6-8-18)7-9-21-2/h18H,3-9,14H2,1-2H3,(H,15,19,20). The number of ether oxygens (including phenoxy) is 1. The lowest BCUT2D eigenvalue weighted by atomic mass is 10.3. The first kappa shape index (κ1) is 17.3. The van der Waals surface area contributed by atoms with Gasteiger partial charge in [-0.25, -0.2) is 4.79 Å². The van der Waals surface area contributed by atoms with E-state index in [2.05, 4.69) is 4.98 Å². The Balaban J connectivity index is 3.25. The van der Waals surface area contributed by atoms with Crippen LogP contribution in [0.5, 0.6) is 0 Å². The molecule has 0 aromatic carbocycles. The summed E-state index contributed by atoms with van der Waals surface area (Å²) in [5, 5.41) is 9.14. The minimum absolute atomic E-state index is 0.127. The lowest BCUT2D eigenvalue weighted by Crippen LogP contribution is -2.40. The van der Waals surface area contributed by atoms with Crippen LogP contribution in [0.3, 0.4) is 0 Å². The van der Waals surface area contributed by atoms with Gasteiger partial charge in [-0.3, -0.25) is 14.3 Å². The van der Waals surface area contributed by atoms with Gasteiger partial charge in [0.25, 0.3) is 5.56 Å². The maximum absolute atomic E-state index is 12.1. The van der Waals surface area contributed by atoms with Gasteiger partial charge in [-0.05, 0) is 6.42 Å². The van der Waals surface area contributed by atoms with Crippen LogP contribution in [-0.4, -0.2) is 48.1 Å². The van der Waals surface area contributed by atoms with Gasteiger partial charge < -0.3 is 20.5 Å². The van der Waals surface area contributed by atoms with Crippen molar-refractivity contribution in [3.63, 3.8) is 0 Å². The third kappa shape index (κ3) is 4.33. The Morgan fingerprint density at radius 2 is 2.10 bits per heavy atom. The molecule has 1 aromatic heterocycles. The summed E-state index contributed by atoms with van der Waals surface area (Å²) in [6.07, 6.45) is 1.69. The summed E-state index contributed by atoms with van der Waals surface area (Å²) < 4.78 is 6.35. The number of aromatic nitrogens is 2. The number of hydrogen-bond acceptors (Lipinski definition) is 6. The summed E-state index contributed by atoms with van der Waals surface area (Å²) in [6.45, 7) is 3.34. The number of methoxy groups -OCH3 is 1. The zero-order chi connectivity index (χ0) is 15.8. The third-order valence-corrected chi connectivity index (χ3v) is 3.20. The summed E-state index contributed by atoms with van der Waals surface area (Å²) in [5.74, 6) is 0.127. The lowest BCUT2D eigenvalue weighted by Gasteiger charge is -2.25. The minimum Gasteiger partial charge on any atom is -0.395 e. The van der Waals surface area contributed by atoms with Crippen LogP contribution in [0, 0.1) is 0 Å². The average Bonchev–Trinajstić information content (AvgIpc) is 2.44. The average molecular weight is 300 g/mol. The molecule has 0 spiro atoms. The van der Waals surface area contributed by atoms with Gasteiger partial charge in [-0.15, -0.1) is 0 Å². The van der Waals surface area contributed by atoms with E-state index in [1.807, 2.05) is 6.92 Å². The lowest BCUT2D eigenvalue weighted by molar-refractivity contribution is 0.203. The molecule has 1 rings (SSSR count). The molecule has 0 fully saturated rings. The van der Waals surface area contributed by atoms with Crippen molar-refractivity contribution in [2.45, 2.75) is 26.3 Å². The van der Waals surface area contributed by atoms with E-state index in [9.17, 15) is 9.59 Å². The summed E-state index contributed by atoms with van der Waals surface area (Å²) in [4.78, 5) is 27.8. The quantitative estimate of drug-likeness (QED) is 0.559. The molecule has 0 saturated heterocycles. The van der Waals surface area contributed by atoms with Gasteiger partial charge in [0.1, 0.15) is 11.5 Å². The highest BCUT2D eigenvalue weighted by atomic mass is 16.5. The molecule has 1 heterocycles. The largest absolute Gasteiger partial charge is 0.395 e. The number of H-pyrrole nitrogens is 1. The number of anilines is 2. The highest BCUT2D eigenvalue weighted by molar-refractivity contribution is 5.62. The molecule has 0 saturated carbocycles. The summed E-state index contributed by atoms with van der Waals surface area (Å²) in [7, 11) is 1.55. The van der Waals surface area contributed by atoms with Crippen LogP contribution in [0.25, 0.3) is 0 Å². The summed E-state index contributed by atoms with van der Waals surface area (Å²) in [6, 6.07) is 0. The van der Waals surface area contributed by atoms with Crippen LogP contribution in [-0.2, 0) is 11.3 Å². The molecule has 0 atom stereocenters. The van der Waals surface area contributed by atoms with Crippen molar-refractivity contribution in [1.82, 2.24) is 9.55 Å². The molecule has 120 valence electrons. The molecule has 1 aromatic rings. The van der Waals surface area contributed by atoms with E-state index in [4.69, 9.17) is 15.6 Å². The Bertz CT molecular complexity index is 552. The number of hydrogen-bond donors (Lipinski definition) is 3. The highest BCUT2D eigenvalue weighted by Gasteiger charge is 2.18. The van der Waals surface area contributed by atoms with Crippen LogP contribution in [0.2, 0.25) is 0 Å². The zero-order valence-electron chi connectivity index (χ0n) is 12.6. The number of unbranched alkanes of at least 4 members (excludes halogenated alkanes) is 1. The zero-order valence-corrected chi connectivity index (χ0v) is 12.6. The molecule has 0 aliphatic rings. The number of aromatic amines is 1. The van der Waals surface area contributed by atoms with Crippen LogP contribution in [0.4, 0.5) is 11.5 Å². The van der Waals surface area contributed by atoms with E-state index in [1.54, 1.807) is 12.0 Å². The number of nitrogens with two attached hydrogens (primary N) is 1. The van der Waals surface area contributed by atoms with Crippen LogP contribution in [0.15, 0.2) is 9.59 Å². The second kappa shape index (κ2) is 8.48. The van der Waals surface area contributed by atoms with Gasteiger partial charge in [-0.1, -0.05) is 13.3 Å². The van der Waals surface area contributed by atoms with Crippen LogP contribution in [0.1, 0.15) is 19.8 Å². The molecule has 8 heteroatoms. The van der Waals surface area contributed by atoms with Crippen molar-refractivity contribution in [2.24, 2.45) is 0 Å². The molecule has 0 unspecified atom stereocenters. The Morgan fingerprint density at radius 3 is 2.67 bits per heavy atom. The predicted octanol–water partition coefficient (Wildman–Crippen LogP) is -0.636. The highest BCUT2D eigenvalue weighted by Crippen LogP contribution is 2.16. The first-order chi connectivity index (χ1) is 10.1. The minimum atomic E-state index is -0.546. The first-order valence-corrected chi connectivity index (χ1v) is 7.04. The van der Waals surface area contributed by atoms with Gasteiger partial charge in [0.05, 0.1) is 13.2 Å². The monoisotopic (exact) mass is 300 g/mol. The van der Waals surface area contributed by atoms with Crippen molar-refractivity contribution in [1.29, 1.82) is 0 Å². The van der Waals surface area contributed by atoms with E-state index in [1.165, 1.54) is 4.57 Å². The normalized spacial score (nSPS) is 10.8. The number of nitrogens with one attached hydrogen (secondary N) is 1. The number of nitrogen functional groups attached to an aromatic ring is 1. The van der Waals surface area contributed by atoms with Crippen LogP contribution >= 0.6 is 0 Å². The Kier molecular flexibility index (Phi) is 6.97. The fourth-order valence-electron chi connectivity index (χ4n) is 2.08. The van der Waals surface area contributed by atoms with E-state index in [0.29, 0.717) is 19.7 Å². The predicted molar refractivity (Wildman–Crippen MR) is 81.8 cm³/mol. The van der Waals surface area contributed by atoms with Crippen molar-refractivity contribution < 1.29 is 9.84 Å². The van der Waals surface area contributed by atoms with E-state index < -0.39 is 11.2 Å². The van der Waals surface area contributed by atoms with Crippen molar-refractivity contribution in [3.8, 4) is 0 Å². The third-order valence-electron chi connectivity index (χ3n) is 3.20. The SMILES string of the molecule is CCCCn1c(N)c(N(CCO)CCOC)c(=O)[nH]c1=O. The molecule has 4 N–H and O–H groups in total. The number of nitrogens with zero attached hydrogens (tertiary/aromatic N) is 2. The summed E-state index contributed by atoms with van der Waals surface area (Å²) >= 11 is 0. The smallest absolute Gasteiger partial charge is 0.330 e. The molecule has 0 bridgehead atoms. The van der Waals surface area contributed by atoms with Gasteiger partial charge in [0.2, 0.25) is 0 Å². The van der Waals surface area contributed by atoms with Gasteiger partial charge in [-0.2, -0.15) is 0 Å². The second-order valence-corrected chi connectivity index (χ2v) is 4.70. The molecular formula is C13H24N4O4. The fourth-order valence-corrected chi connectivity index (χ4v) is 2.08. The topological polar surface area (TPSA) is 114 Å². The Hall–Kier alpha value is -1.80. The number of aliphatic hydroxyl groups excluding tert-OH is 1. The van der Waals surface area contributed by atoms with Crippen molar-refractivity contribution >= 4 is 11.5 Å². The van der Waals surface area contributed by atoms with Crippen LogP contribution < -0.4 is 21.9 Å². The second-order valence-electron chi connectivity index (χ2n) is 4.70. The molecule has 21 heavy (non-hydrogen) atoms. The molecule has 0 aliphatic carbocycles. The van der Waals surface area contributed by atoms with Crippen molar-refractivity contribution in [2.75, 3.05) is 44.0 Å². The maximum Gasteiger partial charge on any atom is 0.330 e. The Morgan fingerprint density at radius 1 is 1.38 bits per heavy atom. The molecule has 8 nitrogen and oxygen atoms in total. The molecular weight excluding hydrogens is 276 g/mol. The molecule has 0 aliphatic heterocycles. The van der Waals surface area contributed by atoms with E-state index in [0.717, 1.165) is 12.8 Å². The number of rotatable bonds is 9. The van der Waals surface area contributed by atoms with E-state index >= 15 is 0 Å². The first-order valence-electron chi connectivity index (χ1n) is 7.04.